The first-order chi connectivity index (χ1) is 9.15. The Morgan fingerprint density at radius 1 is 1.05 bits per heavy atom. The van der Waals surface area contributed by atoms with Gasteiger partial charge in [0.05, 0.1) is 6.04 Å². The number of hydrogen-bond acceptors (Lipinski definition) is 1. The SMILES string of the molecule is NC(c1ccc2c(c1)CCC2)c1cc(F)ccc1Cl. The second-order valence-corrected chi connectivity index (χ2v) is 5.43. The van der Waals surface area contributed by atoms with Crippen molar-refractivity contribution in [1.82, 2.24) is 0 Å². The predicted octanol–water partition coefficient (Wildman–Crippen LogP) is 4.02. The minimum Gasteiger partial charge on any atom is -0.320 e. The van der Waals surface area contributed by atoms with Gasteiger partial charge in [0.2, 0.25) is 0 Å². The fraction of sp³-hybridized carbons (Fsp3) is 0.250. The molecule has 2 aromatic carbocycles. The standard InChI is InChI=1S/C16H15ClFN/c17-15-7-6-13(18)9-14(15)16(19)12-5-4-10-2-1-3-11(10)8-12/h4-9,16H,1-3,19H2. The van der Waals surface area contributed by atoms with E-state index < -0.39 is 0 Å². The molecule has 98 valence electrons. The van der Waals surface area contributed by atoms with Gasteiger partial charge >= 0.3 is 0 Å². The Labute approximate surface area is 117 Å². The van der Waals surface area contributed by atoms with Gasteiger partial charge in [-0.2, -0.15) is 0 Å². The van der Waals surface area contributed by atoms with E-state index in [1.165, 1.54) is 29.7 Å². The summed E-state index contributed by atoms with van der Waals surface area (Å²) in [7, 11) is 0. The van der Waals surface area contributed by atoms with Gasteiger partial charge in [0.15, 0.2) is 0 Å². The maximum atomic E-state index is 13.3. The smallest absolute Gasteiger partial charge is 0.123 e. The first-order valence-corrected chi connectivity index (χ1v) is 6.85. The van der Waals surface area contributed by atoms with Crippen LogP contribution in [0.15, 0.2) is 36.4 Å². The van der Waals surface area contributed by atoms with Crippen LogP contribution in [0.3, 0.4) is 0 Å². The predicted molar refractivity (Wildman–Crippen MR) is 75.9 cm³/mol. The Kier molecular flexibility index (Phi) is 3.29. The molecule has 0 saturated carbocycles. The third-order valence-electron chi connectivity index (χ3n) is 3.77. The van der Waals surface area contributed by atoms with Gasteiger partial charge in [-0.1, -0.05) is 29.8 Å². The highest BCUT2D eigenvalue weighted by Gasteiger charge is 2.17. The number of aryl methyl sites for hydroxylation is 2. The maximum Gasteiger partial charge on any atom is 0.123 e. The molecule has 1 aliphatic rings. The Morgan fingerprint density at radius 3 is 2.68 bits per heavy atom. The van der Waals surface area contributed by atoms with Gasteiger partial charge in [0, 0.05) is 5.02 Å². The number of benzene rings is 2. The molecule has 1 atom stereocenters. The fourth-order valence-electron chi connectivity index (χ4n) is 2.72. The maximum absolute atomic E-state index is 13.3. The van der Waals surface area contributed by atoms with Gasteiger partial charge in [0.1, 0.15) is 5.82 Å². The normalized spacial score (nSPS) is 15.3. The molecule has 0 bridgehead atoms. The summed E-state index contributed by atoms with van der Waals surface area (Å²) in [6, 6.07) is 10.2. The van der Waals surface area contributed by atoms with Crippen molar-refractivity contribution in [2.45, 2.75) is 25.3 Å². The van der Waals surface area contributed by atoms with Crippen molar-refractivity contribution >= 4 is 11.6 Å². The Bertz CT molecular complexity index is 624. The van der Waals surface area contributed by atoms with Gasteiger partial charge in [-0.3, -0.25) is 0 Å². The summed E-state index contributed by atoms with van der Waals surface area (Å²) >= 11 is 6.11. The van der Waals surface area contributed by atoms with E-state index in [4.69, 9.17) is 17.3 Å². The van der Waals surface area contributed by atoms with Crippen molar-refractivity contribution < 1.29 is 4.39 Å². The third kappa shape index (κ3) is 2.38. The van der Waals surface area contributed by atoms with Crippen molar-refractivity contribution in [2.75, 3.05) is 0 Å². The van der Waals surface area contributed by atoms with Crippen LogP contribution in [0.5, 0.6) is 0 Å². The molecule has 0 radical (unpaired) electrons. The van der Waals surface area contributed by atoms with Gasteiger partial charge in [0.25, 0.3) is 0 Å². The van der Waals surface area contributed by atoms with Crippen LogP contribution in [0.4, 0.5) is 4.39 Å². The molecule has 0 heterocycles. The van der Waals surface area contributed by atoms with Crippen molar-refractivity contribution in [2.24, 2.45) is 5.73 Å². The lowest BCUT2D eigenvalue weighted by Gasteiger charge is -2.15. The van der Waals surface area contributed by atoms with Gasteiger partial charge in [-0.15, -0.1) is 0 Å². The number of rotatable bonds is 2. The van der Waals surface area contributed by atoms with E-state index >= 15 is 0 Å². The van der Waals surface area contributed by atoms with Gasteiger partial charge in [-0.25, -0.2) is 4.39 Å². The zero-order chi connectivity index (χ0) is 13.4. The highest BCUT2D eigenvalue weighted by atomic mass is 35.5. The molecule has 0 fully saturated rings. The lowest BCUT2D eigenvalue weighted by Crippen LogP contribution is -2.13. The van der Waals surface area contributed by atoms with Crippen LogP contribution >= 0.6 is 11.6 Å². The number of halogens is 2. The van der Waals surface area contributed by atoms with Crippen LogP contribution in [0.25, 0.3) is 0 Å². The lowest BCUT2D eigenvalue weighted by molar-refractivity contribution is 0.623. The minimum atomic E-state index is -0.380. The molecule has 3 rings (SSSR count). The van der Waals surface area contributed by atoms with E-state index in [0.717, 1.165) is 18.4 Å². The van der Waals surface area contributed by atoms with E-state index in [9.17, 15) is 4.39 Å². The van der Waals surface area contributed by atoms with E-state index in [1.54, 1.807) is 6.07 Å². The van der Waals surface area contributed by atoms with E-state index in [-0.39, 0.29) is 11.9 Å². The molecule has 1 unspecified atom stereocenters. The van der Waals surface area contributed by atoms with Crippen molar-refractivity contribution in [3.05, 3.63) is 69.5 Å². The summed E-state index contributed by atoms with van der Waals surface area (Å²) in [6.07, 6.45) is 3.45. The molecule has 0 aliphatic heterocycles. The van der Waals surface area contributed by atoms with Crippen molar-refractivity contribution in [3.63, 3.8) is 0 Å². The molecule has 3 heteroatoms. The number of nitrogens with two attached hydrogens (primary N) is 1. The minimum absolute atomic E-state index is 0.309. The average Bonchev–Trinajstić information content (AvgIpc) is 2.88. The first kappa shape index (κ1) is 12.6. The number of fused-ring (bicyclic) bond motifs is 1. The molecular weight excluding hydrogens is 261 g/mol. The quantitative estimate of drug-likeness (QED) is 0.880. The van der Waals surface area contributed by atoms with Crippen LogP contribution in [0.1, 0.15) is 34.7 Å². The molecule has 19 heavy (non-hydrogen) atoms. The van der Waals surface area contributed by atoms with Crippen molar-refractivity contribution in [3.8, 4) is 0 Å². The zero-order valence-corrected chi connectivity index (χ0v) is 11.3. The molecule has 2 N–H and O–H groups in total. The molecular formula is C16H15ClFN. The highest BCUT2D eigenvalue weighted by Crippen LogP contribution is 2.30. The molecule has 0 spiro atoms. The lowest BCUT2D eigenvalue weighted by atomic mass is 9.96. The third-order valence-corrected chi connectivity index (χ3v) is 4.12. The fourth-order valence-corrected chi connectivity index (χ4v) is 2.95. The highest BCUT2D eigenvalue weighted by molar-refractivity contribution is 6.31. The largest absolute Gasteiger partial charge is 0.320 e. The summed E-state index contributed by atoms with van der Waals surface area (Å²) in [5, 5.41) is 0.509. The van der Waals surface area contributed by atoms with E-state index in [2.05, 4.69) is 12.1 Å². The summed E-state index contributed by atoms with van der Waals surface area (Å²) in [4.78, 5) is 0. The Morgan fingerprint density at radius 2 is 1.84 bits per heavy atom. The second kappa shape index (κ2) is 4.95. The molecule has 0 saturated heterocycles. The summed E-state index contributed by atoms with van der Waals surface area (Å²) in [6.45, 7) is 0. The van der Waals surface area contributed by atoms with E-state index in [1.807, 2.05) is 6.07 Å². The Balaban J connectivity index is 1.99. The van der Waals surface area contributed by atoms with Crippen LogP contribution in [0.2, 0.25) is 5.02 Å². The zero-order valence-electron chi connectivity index (χ0n) is 10.5. The summed E-state index contributed by atoms with van der Waals surface area (Å²) < 4.78 is 13.3. The van der Waals surface area contributed by atoms with E-state index in [0.29, 0.717) is 10.6 Å². The summed E-state index contributed by atoms with van der Waals surface area (Å²) in [5.41, 5.74) is 10.6. The second-order valence-electron chi connectivity index (χ2n) is 5.03. The topological polar surface area (TPSA) is 26.0 Å². The summed E-state index contributed by atoms with van der Waals surface area (Å²) in [5.74, 6) is -0.309. The van der Waals surface area contributed by atoms with Crippen LogP contribution < -0.4 is 5.73 Å². The molecule has 2 aromatic rings. The van der Waals surface area contributed by atoms with Gasteiger partial charge in [-0.05, 0) is 59.7 Å². The molecule has 1 aliphatic carbocycles. The molecule has 0 aromatic heterocycles. The van der Waals surface area contributed by atoms with Crippen LogP contribution in [-0.4, -0.2) is 0 Å². The van der Waals surface area contributed by atoms with Crippen LogP contribution in [0, 0.1) is 5.82 Å². The first-order valence-electron chi connectivity index (χ1n) is 6.47. The monoisotopic (exact) mass is 275 g/mol. The van der Waals surface area contributed by atoms with Gasteiger partial charge < -0.3 is 5.73 Å². The number of hydrogen-bond donors (Lipinski definition) is 1. The van der Waals surface area contributed by atoms with Crippen molar-refractivity contribution in [1.29, 1.82) is 0 Å². The van der Waals surface area contributed by atoms with Crippen LogP contribution in [-0.2, 0) is 12.8 Å². The average molecular weight is 276 g/mol. The molecule has 0 amide bonds. The molecule has 1 nitrogen and oxygen atoms in total. The Hall–Kier alpha value is -1.38.